The molecule has 0 unspecified atom stereocenters. The Hall–Kier alpha value is -0.580. The molecule has 1 aromatic rings. The lowest BCUT2D eigenvalue weighted by atomic mass is 10.3. The molecule has 1 aliphatic rings. The van der Waals surface area contributed by atoms with Gasteiger partial charge in [0.05, 0.1) is 16.4 Å². The summed E-state index contributed by atoms with van der Waals surface area (Å²) < 4.78 is 1.99. The normalized spacial score (nSPS) is 15.4. The van der Waals surface area contributed by atoms with E-state index in [2.05, 4.69) is 29.2 Å². The molecule has 0 bridgehead atoms. The Balaban J connectivity index is 1.78. The van der Waals surface area contributed by atoms with Crippen molar-refractivity contribution >= 4 is 11.6 Å². The Morgan fingerprint density at radius 2 is 2.16 bits per heavy atom. The standard InChI is InChI=1S/C14H25ClN4/c1-4-18(12-6-7-12)9-8-16-10-13-14(15)11(3)17-19(13)5-2/h12,16H,4-10H2,1-3H3. The molecule has 2 rings (SSSR count). The second-order valence-corrected chi connectivity index (χ2v) is 5.58. The van der Waals surface area contributed by atoms with Crippen LogP contribution in [0.25, 0.3) is 0 Å². The smallest absolute Gasteiger partial charge is 0.0860 e. The average Bonchev–Trinajstić information content (AvgIpc) is 3.20. The lowest BCUT2D eigenvalue weighted by Gasteiger charge is -2.19. The number of rotatable bonds is 8. The van der Waals surface area contributed by atoms with E-state index in [9.17, 15) is 0 Å². The molecule has 0 amide bonds. The van der Waals surface area contributed by atoms with Crippen molar-refractivity contribution < 1.29 is 0 Å². The van der Waals surface area contributed by atoms with Gasteiger partial charge in [0.2, 0.25) is 0 Å². The number of halogens is 1. The summed E-state index contributed by atoms with van der Waals surface area (Å²) in [5.74, 6) is 0. The van der Waals surface area contributed by atoms with Gasteiger partial charge in [0.1, 0.15) is 0 Å². The molecule has 0 radical (unpaired) electrons. The summed E-state index contributed by atoms with van der Waals surface area (Å²) >= 11 is 6.29. The Bertz CT molecular complexity index is 412. The molecule has 0 spiro atoms. The van der Waals surface area contributed by atoms with E-state index in [-0.39, 0.29) is 0 Å². The molecule has 1 fully saturated rings. The predicted molar refractivity (Wildman–Crippen MR) is 79.6 cm³/mol. The SMILES string of the molecule is CCN(CCNCc1c(Cl)c(C)nn1CC)C1CC1. The van der Waals surface area contributed by atoms with E-state index in [1.807, 2.05) is 11.6 Å². The molecule has 1 aliphatic carbocycles. The summed E-state index contributed by atoms with van der Waals surface area (Å²) in [6.45, 7) is 11.3. The van der Waals surface area contributed by atoms with Gasteiger partial charge < -0.3 is 5.32 Å². The maximum atomic E-state index is 6.29. The molecule has 5 heteroatoms. The Kier molecular flexibility index (Phi) is 5.25. The van der Waals surface area contributed by atoms with Crippen LogP contribution in [-0.4, -0.2) is 40.4 Å². The number of aryl methyl sites for hydroxylation is 2. The van der Waals surface area contributed by atoms with E-state index in [4.69, 9.17) is 11.6 Å². The summed E-state index contributed by atoms with van der Waals surface area (Å²) in [6, 6.07) is 0.846. The molecular weight excluding hydrogens is 260 g/mol. The number of hydrogen-bond acceptors (Lipinski definition) is 3. The van der Waals surface area contributed by atoms with E-state index < -0.39 is 0 Å². The Labute approximate surface area is 121 Å². The fraction of sp³-hybridized carbons (Fsp3) is 0.786. The van der Waals surface area contributed by atoms with Crippen LogP contribution >= 0.6 is 11.6 Å². The minimum absolute atomic E-state index is 0.801. The third kappa shape index (κ3) is 3.71. The molecule has 1 aromatic heterocycles. The van der Waals surface area contributed by atoms with Gasteiger partial charge in [-0.25, -0.2) is 0 Å². The topological polar surface area (TPSA) is 33.1 Å². The van der Waals surface area contributed by atoms with Crippen LogP contribution in [0.1, 0.15) is 38.1 Å². The first kappa shape index (κ1) is 14.8. The van der Waals surface area contributed by atoms with Crippen molar-refractivity contribution in [2.75, 3.05) is 19.6 Å². The van der Waals surface area contributed by atoms with Crippen molar-refractivity contribution in [2.45, 2.75) is 52.7 Å². The number of nitrogens with zero attached hydrogens (tertiary/aromatic N) is 3. The van der Waals surface area contributed by atoms with E-state index in [1.54, 1.807) is 0 Å². The van der Waals surface area contributed by atoms with E-state index >= 15 is 0 Å². The number of hydrogen-bond donors (Lipinski definition) is 1. The fourth-order valence-electron chi connectivity index (χ4n) is 2.51. The summed E-state index contributed by atoms with van der Waals surface area (Å²) in [6.07, 6.45) is 2.75. The number of aromatic nitrogens is 2. The highest BCUT2D eigenvalue weighted by Crippen LogP contribution is 2.25. The van der Waals surface area contributed by atoms with E-state index in [0.717, 1.165) is 55.2 Å². The van der Waals surface area contributed by atoms with Crippen LogP contribution in [-0.2, 0) is 13.1 Å². The monoisotopic (exact) mass is 284 g/mol. The molecule has 0 saturated heterocycles. The van der Waals surface area contributed by atoms with Gasteiger partial charge in [0, 0.05) is 32.2 Å². The molecule has 1 saturated carbocycles. The number of nitrogens with one attached hydrogen (secondary N) is 1. The average molecular weight is 285 g/mol. The van der Waals surface area contributed by atoms with E-state index in [0.29, 0.717) is 0 Å². The van der Waals surface area contributed by atoms with Gasteiger partial charge in [-0.15, -0.1) is 0 Å². The third-order valence-corrected chi connectivity index (χ3v) is 4.28. The molecule has 108 valence electrons. The van der Waals surface area contributed by atoms with Gasteiger partial charge in [-0.1, -0.05) is 18.5 Å². The van der Waals surface area contributed by atoms with Crippen molar-refractivity contribution in [3.05, 3.63) is 16.4 Å². The van der Waals surface area contributed by atoms with Gasteiger partial charge in [-0.3, -0.25) is 9.58 Å². The van der Waals surface area contributed by atoms with Crippen LogP contribution in [0.4, 0.5) is 0 Å². The van der Waals surface area contributed by atoms with E-state index in [1.165, 1.54) is 12.8 Å². The Morgan fingerprint density at radius 3 is 2.74 bits per heavy atom. The van der Waals surface area contributed by atoms with Gasteiger partial charge >= 0.3 is 0 Å². The predicted octanol–water partition coefficient (Wildman–Crippen LogP) is 2.44. The maximum Gasteiger partial charge on any atom is 0.0860 e. The maximum absolute atomic E-state index is 6.29. The first-order valence-electron chi connectivity index (χ1n) is 7.33. The van der Waals surface area contributed by atoms with Crippen LogP contribution in [0.5, 0.6) is 0 Å². The summed E-state index contributed by atoms with van der Waals surface area (Å²) in [4.78, 5) is 2.55. The quantitative estimate of drug-likeness (QED) is 0.745. The molecule has 19 heavy (non-hydrogen) atoms. The zero-order valence-corrected chi connectivity index (χ0v) is 13.0. The van der Waals surface area contributed by atoms with Crippen molar-refractivity contribution in [2.24, 2.45) is 0 Å². The first-order chi connectivity index (χ1) is 9.17. The Morgan fingerprint density at radius 1 is 1.42 bits per heavy atom. The van der Waals surface area contributed by atoms with Crippen molar-refractivity contribution in [1.29, 1.82) is 0 Å². The van der Waals surface area contributed by atoms with Gasteiger partial charge in [-0.05, 0) is 33.2 Å². The van der Waals surface area contributed by atoms with Gasteiger partial charge in [0.15, 0.2) is 0 Å². The second-order valence-electron chi connectivity index (χ2n) is 5.20. The lowest BCUT2D eigenvalue weighted by Crippen LogP contribution is -2.33. The molecule has 1 heterocycles. The van der Waals surface area contributed by atoms with Crippen LogP contribution in [0.2, 0.25) is 5.02 Å². The molecule has 0 atom stereocenters. The first-order valence-corrected chi connectivity index (χ1v) is 7.71. The second kappa shape index (κ2) is 6.73. The lowest BCUT2D eigenvalue weighted by molar-refractivity contribution is 0.276. The molecule has 1 N–H and O–H groups in total. The van der Waals surface area contributed by atoms with Crippen LogP contribution in [0.3, 0.4) is 0 Å². The minimum atomic E-state index is 0.801. The summed E-state index contributed by atoms with van der Waals surface area (Å²) in [5.41, 5.74) is 2.03. The highest BCUT2D eigenvalue weighted by atomic mass is 35.5. The van der Waals surface area contributed by atoms with Crippen LogP contribution in [0, 0.1) is 6.92 Å². The van der Waals surface area contributed by atoms with Crippen molar-refractivity contribution in [3.63, 3.8) is 0 Å². The zero-order chi connectivity index (χ0) is 13.8. The zero-order valence-electron chi connectivity index (χ0n) is 12.2. The molecule has 0 aliphatic heterocycles. The van der Waals surface area contributed by atoms with Crippen LogP contribution < -0.4 is 5.32 Å². The van der Waals surface area contributed by atoms with Crippen molar-refractivity contribution in [3.8, 4) is 0 Å². The number of likely N-dealkylation sites (N-methyl/N-ethyl adjacent to an activating group) is 1. The summed E-state index contributed by atoms with van der Waals surface area (Å²) in [7, 11) is 0. The molecular formula is C14H25ClN4. The minimum Gasteiger partial charge on any atom is -0.310 e. The fourth-order valence-corrected chi connectivity index (χ4v) is 2.71. The van der Waals surface area contributed by atoms with Gasteiger partial charge in [-0.2, -0.15) is 5.10 Å². The summed E-state index contributed by atoms with van der Waals surface area (Å²) in [5, 5.41) is 8.73. The van der Waals surface area contributed by atoms with Gasteiger partial charge in [0.25, 0.3) is 0 Å². The van der Waals surface area contributed by atoms with Crippen LogP contribution in [0.15, 0.2) is 0 Å². The van der Waals surface area contributed by atoms with Crippen molar-refractivity contribution in [1.82, 2.24) is 20.0 Å². The molecule has 0 aromatic carbocycles. The highest BCUT2D eigenvalue weighted by molar-refractivity contribution is 6.31. The third-order valence-electron chi connectivity index (χ3n) is 3.79. The highest BCUT2D eigenvalue weighted by Gasteiger charge is 2.27. The molecule has 4 nitrogen and oxygen atoms in total. The largest absolute Gasteiger partial charge is 0.310 e.